The Morgan fingerprint density at radius 3 is 2.74 bits per heavy atom. The number of hydrogen-bond acceptors (Lipinski definition) is 8. The summed E-state index contributed by atoms with van der Waals surface area (Å²) < 4.78 is 11.7. The van der Waals surface area contributed by atoms with E-state index in [1.165, 1.54) is 15.9 Å². The normalized spacial score (nSPS) is 12.9. The molecule has 4 rings (SSSR count). The molecular formula is C24H25N3O6S. The summed E-state index contributed by atoms with van der Waals surface area (Å²) in [7, 11) is 0. The molecular weight excluding hydrogens is 458 g/mol. The van der Waals surface area contributed by atoms with E-state index in [9.17, 15) is 19.2 Å². The molecule has 1 amide bonds. The Morgan fingerprint density at radius 2 is 1.94 bits per heavy atom. The van der Waals surface area contributed by atoms with Crippen LogP contribution in [0.15, 0.2) is 35.3 Å². The number of hydrogen-bond donors (Lipinski definition) is 1. The highest BCUT2D eigenvalue weighted by Crippen LogP contribution is 2.38. The van der Waals surface area contributed by atoms with E-state index in [-0.39, 0.29) is 12.6 Å². The van der Waals surface area contributed by atoms with Crippen molar-refractivity contribution in [2.45, 2.75) is 52.2 Å². The molecule has 0 saturated carbocycles. The van der Waals surface area contributed by atoms with Crippen LogP contribution in [0.2, 0.25) is 0 Å². The van der Waals surface area contributed by atoms with Crippen LogP contribution in [0.1, 0.15) is 47.5 Å². The molecule has 2 heterocycles. The number of nitrogens with zero attached hydrogens (tertiary/aromatic N) is 2. The van der Waals surface area contributed by atoms with Gasteiger partial charge in [0.2, 0.25) is 0 Å². The Morgan fingerprint density at radius 1 is 1.18 bits per heavy atom. The number of carbonyl (C=O) groups is 3. The Kier molecular flexibility index (Phi) is 7.06. The van der Waals surface area contributed by atoms with Crippen LogP contribution < -0.4 is 10.9 Å². The average Bonchev–Trinajstić information content (AvgIpc) is 3.17. The van der Waals surface area contributed by atoms with E-state index in [1.54, 1.807) is 38.1 Å². The molecule has 178 valence electrons. The topological polar surface area (TPSA) is 117 Å². The van der Waals surface area contributed by atoms with Gasteiger partial charge in [-0.3, -0.25) is 19.0 Å². The zero-order valence-electron chi connectivity index (χ0n) is 19.0. The van der Waals surface area contributed by atoms with Gasteiger partial charge in [-0.1, -0.05) is 12.1 Å². The number of benzene rings is 1. The third-order valence-electron chi connectivity index (χ3n) is 5.38. The second-order valence-electron chi connectivity index (χ2n) is 8.25. The zero-order chi connectivity index (χ0) is 24.2. The number of anilines is 1. The predicted molar refractivity (Wildman–Crippen MR) is 127 cm³/mol. The van der Waals surface area contributed by atoms with Crippen molar-refractivity contribution >= 4 is 45.2 Å². The summed E-state index contributed by atoms with van der Waals surface area (Å²) in [4.78, 5) is 54.9. The minimum Gasteiger partial charge on any atom is -0.459 e. The summed E-state index contributed by atoms with van der Waals surface area (Å²) >= 11 is 1.36. The molecule has 1 N–H and O–H groups in total. The number of esters is 2. The quantitative estimate of drug-likeness (QED) is 0.513. The van der Waals surface area contributed by atoms with Crippen LogP contribution >= 0.6 is 11.3 Å². The van der Waals surface area contributed by atoms with Crippen molar-refractivity contribution in [1.82, 2.24) is 9.55 Å². The number of rotatable bonds is 7. The first kappa shape index (κ1) is 23.6. The van der Waals surface area contributed by atoms with Gasteiger partial charge in [-0.25, -0.2) is 9.78 Å². The molecule has 1 aromatic carbocycles. The smallest absolute Gasteiger partial charge is 0.341 e. The summed E-state index contributed by atoms with van der Waals surface area (Å²) in [5.41, 5.74) is 1.93. The fourth-order valence-electron chi connectivity index (χ4n) is 3.90. The monoisotopic (exact) mass is 483 g/mol. The van der Waals surface area contributed by atoms with Gasteiger partial charge in [-0.05, 0) is 57.2 Å². The lowest BCUT2D eigenvalue weighted by molar-refractivity contribution is -0.147. The minimum absolute atomic E-state index is 0.288. The lowest BCUT2D eigenvalue weighted by Gasteiger charge is -2.14. The fourth-order valence-corrected chi connectivity index (χ4v) is 5.20. The lowest BCUT2D eigenvalue weighted by Crippen LogP contribution is -2.28. The first-order valence-corrected chi connectivity index (χ1v) is 11.9. The van der Waals surface area contributed by atoms with Gasteiger partial charge in [0, 0.05) is 4.88 Å². The van der Waals surface area contributed by atoms with E-state index in [0.29, 0.717) is 21.6 Å². The first-order chi connectivity index (χ1) is 16.3. The second-order valence-corrected chi connectivity index (χ2v) is 9.35. The van der Waals surface area contributed by atoms with E-state index in [2.05, 4.69) is 10.3 Å². The van der Waals surface area contributed by atoms with Crippen LogP contribution in [-0.4, -0.2) is 40.1 Å². The number of aromatic nitrogens is 2. The summed E-state index contributed by atoms with van der Waals surface area (Å²) in [6.45, 7) is 2.64. The molecule has 1 aliphatic rings. The van der Waals surface area contributed by atoms with E-state index < -0.39 is 30.0 Å². The lowest BCUT2D eigenvalue weighted by atomic mass is 9.95. The van der Waals surface area contributed by atoms with Crippen LogP contribution in [-0.2, 0) is 38.4 Å². The Hall–Kier alpha value is -3.53. The Balaban J connectivity index is 1.43. The Labute approximate surface area is 199 Å². The summed E-state index contributed by atoms with van der Waals surface area (Å²) in [5.74, 6) is -1.78. The van der Waals surface area contributed by atoms with Crippen LogP contribution in [0.3, 0.4) is 0 Å². The van der Waals surface area contributed by atoms with E-state index >= 15 is 0 Å². The number of ether oxygens (including phenoxy) is 2. The highest BCUT2D eigenvalue weighted by Gasteiger charge is 2.28. The molecule has 0 aliphatic heterocycles. The predicted octanol–water partition coefficient (Wildman–Crippen LogP) is 3.08. The van der Waals surface area contributed by atoms with Crippen molar-refractivity contribution in [2.24, 2.45) is 0 Å². The van der Waals surface area contributed by atoms with Crippen LogP contribution in [0.4, 0.5) is 5.00 Å². The third kappa shape index (κ3) is 5.17. The molecule has 0 fully saturated rings. The molecule has 0 unspecified atom stereocenters. The maximum Gasteiger partial charge on any atom is 0.341 e. The van der Waals surface area contributed by atoms with Gasteiger partial charge in [0.15, 0.2) is 6.61 Å². The number of thiophene rings is 1. The fraction of sp³-hybridized carbons (Fsp3) is 0.375. The largest absolute Gasteiger partial charge is 0.459 e. The van der Waals surface area contributed by atoms with Crippen molar-refractivity contribution in [3.8, 4) is 0 Å². The van der Waals surface area contributed by atoms with E-state index in [4.69, 9.17) is 9.47 Å². The molecule has 0 saturated heterocycles. The highest BCUT2D eigenvalue weighted by atomic mass is 32.1. The summed E-state index contributed by atoms with van der Waals surface area (Å²) in [5, 5.41) is 3.12. The van der Waals surface area contributed by atoms with Gasteiger partial charge in [-0.15, -0.1) is 11.3 Å². The molecule has 0 atom stereocenters. The molecule has 3 aromatic rings. The third-order valence-corrected chi connectivity index (χ3v) is 6.58. The summed E-state index contributed by atoms with van der Waals surface area (Å²) in [6.07, 6.45) is 4.46. The van der Waals surface area contributed by atoms with Crippen LogP contribution in [0, 0.1) is 0 Å². The molecule has 34 heavy (non-hydrogen) atoms. The van der Waals surface area contributed by atoms with Crippen LogP contribution in [0.25, 0.3) is 11.0 Å². The molecule has 0 spiro atoms. The zero-order valence-corrected chi connectivity index (χ0v) is 19.8. The number of nitrogens with one attached hydrogen (secondary N) is 1. The first-order valence-electron chi connectivity index (χ1n) is 11.1. The van der Waals surface area contributed by atoms with Gasteiger partial charge >= 0.3 is 11.9 Å². The molecule has 1 aliphatic carbocycles. The molecule has 9 nitrogen and oxygen atoms in total. The van der Waals surface area contributed by atoms with Crippen molar-refractivity contribution in [3.05, 3.63) is 56.8 Å². The number of para-hydroxylation sites is 2. The van der Waals surface area contributed by atoms with Gasteiger partial charge in [0.05, 0.1) is 28.9 Å². The Bertz CT molecular complexity index is 1310. The molecule has 0 bridgehead atoms. The number of fused-ring (bicyclic) bond motifs is 2. The molecule has 0 radical (unpaired) electrons. The number of amides is 1. The van der Waals surface area contributed by atoms with E-state index in [1.807, 2.05) is 0 Å². The van der Waals surface area contributed by atoms with E-state index in [0.717, 1.165) is 42.3 Å². The van der Waals surface area contributed by atoms with Crippen molar-refractivity contribution in [2.75, 3.05) is 11.9 Å². The standard InChI is InChI=1S/C24H25N3O6S/c1-14(2)33-24(31)22-15-7-3-6-10-18(15)34-23(22)26-19(28)13-32-21(30)12-27-17-9-5-4-8-16(17)25-11-20(27)29/h4-5,8-9,11,14H,3,6-7,10,12-13H2,1-2H3,(H,26,28). The second kappa shape index (κ2) is 10.2. The van der Waals surface area contributed by atoms with Crippen LogP contribution in [0.5, 0.6) is 0 Å². The van der Waals surface area contributed by atoms with Crippen molar-refractivity contribution in [1.29, 1.82) is 0 Å². The number of aryl methyl sites for hydroxylation is 1. The summed E-state index contributed by atoms with van der Waals surface area (Å²) in [6, 6.07) is 6.92. The van der Waals surface area contributed by atoms with Gasteiger partial charge in [0.1, 0.15) is 11.5 Å². The van der Waals surface area contributed by atoms with Gasteiger partial charge in [-0.2, -0.15) is 0 Å². The van der Waals surface area contributed by atoms with Gasteiger partial charge < -0.3 is 14.8 Å². The van der Waals surface area contributed by atoms with Crippen molar-refractivity contribution in [3.63, 3.8) is 0 Å². The maximum atomic E-state index is 12.7. The van der Waals surface area contributed by atoms with Crippen molar-refractivity contribution < 1.29 is 23.9 Å². The molecule has 2 aromatic heterocycles. The maximum absolute atomic E-state index is 12.7. The molecule has 10 heteroatoms. The SMILES string of the molecule is CC(C)OC(=O)c1c(NC(=O)COC(=O)Cn2c(=O)cnc3ccccc32)sc2c1CCCC2. The number of carbonyl (C=O) groups excluding carboxylic acids is 3. The van der Waals surface area contributed by atoms with Gasteiger partial charge in [0.25, 0.3) is 11.5 Å². The minimum atomic E-state index is -0.737. The highest BCUT2D eigenvalue weighted by molar-refractivity contribution is 7.17. The average molecular weight is 484 g/mol.